The van der Waals surface area contributed by atoms with E-state index in [1.54, 1.807) is 11.8 Å². The first-order chi connectivity index (χ1) is 10.7. The fraction of sp³-hybridized carbons (Fsp3) is 0.400. The van der Waals surface area contributed by atoms with Gasteiger partial charge >= 0.3 is 6.03 Å². The second-order valence-electron chi connectivity index (χ2n) is 4.85. The Morgan fingerprint density at radius 1 is 1.36 bits per heavy atom. The van der Waals surface area contributed by atoms with Gasteiger partial charge in [0.2, 0.25) is 5.89 Å². The highest BCUT2D eigenvalue weighted by atomic mass is 16.5. The van der Waals surface area contributed by atoms with Gasteiger partial charge in [0.05, 0.1) is 6.61 Å². The predicted molar refractivity (Wildman–Crippen MR) is 80.1 cm³/mol. The summed E-state index contributed by atoms with van der Waals surface area (Å²) in [6, 6.07) is 9.42. The van der Waals surface area contributed by atoms with E-state index in [0.717, 1.165) is 5.56 Å². The molecule has 118 valence electrons. The molecule has 2 N–H and O–H groups in total. The van der Waals surface area contributed by atoms with Gasteiger partial charge in [0.25, 0.3) is 0 Å². The van der Waals surface area contributed by atoms with Crippen molar-refractivity contribution < 1.29 is 14.4 Å². The Morgan fingerprint density at radius 3 is 2.77 bits per heavy atom. The van der Waals surface area contributed by atoms with Crippen molar-refractivity contribution in [2.24, 2.45) is 0 Å². The lowest BCUT2D eigenvalue weighted by Gasteiger charge is -2.22. The van der Waals surface area contributed by atoms with Crippen molar-refractivity contribution in [3.8, 4) is 0 Å². The lowest BCUT2D eigenvalue weighted by atomic mass is 10.2. The van der Waals surface area contributed by atoms with Gasteiger partial charge in [-0.15, -0.1) is 0 Å². The van der Waals surface area contributed by atoms with Crippen LogP contribution in [0.25, 0.3) is 0 Å². The highest BCUT2D eigenvalue weighted by Crippen LogP contribution is 2.04. The van der Waals surface area contributed by atoms with Crippen molar-refractivity contribution >= 4 is 6.03 Å². The highest BCUT2D eigenvalue weighted by molar-refractivity contribution is 5.74. The van der Waals surface area contributed by atoms with Crippen molar-refractivity contribution in [1.82, 2.24) is 20.4 Å². The maximum atomic E-state index is 12.2. The molecule has 0 aliphatic carbocycles. The van der Waals surface area contributed by atoms with E-state index in [0.29, 0.717) is 31.2 Å². The zero-order valence-electron chi connectivity index (χ0n) is 12.5. The number of rotatable bonds is 7. The van der Waals surface area contributed by atoms with Crippen LogP contribution in [0.15, 0.2) is 34.9 Å². The molecule has 1 aromatic carbocycles. The van der Waals surface area contributed by atoms with Crippen LogP contribution in [-0.4, -0.2) is 45.9 Å². The quantitative estimate of drug-likeness (QED) is 0.800. The molecule has 2 rings (SSSR count). The van der Waals surface area contributed by atoms with Crippen LogP contribution in [0.5, 0.6) is 0 Å². The number of carbonyl (C=O) groups excluding carboxylic acids is 1. The number of nitrogens with one attached hydrogen (secondary N) is 1. The van der Waals surface area contributed by atoms with Crippen molar-refractivity contribution in [2.75, 3.05) is 19.7 Å². The van der Waals surface area contributed by atoms with Crippen LogP contribution in [0.3, 0.4) is 0 Å². The van der Waals surface area contributed by atoms with Crippen LogP contribution in [0, 0.1) is 6.92 Å². The van der Waals surface area contributed by atoms with Gasteiger partial charge in [-0.2, -0.15) is 4.98 Å². The summed E-state index contributed by atoms with van der Waals surface area (Å²) in [7, 11) is 0. The molecule has 2 aromatic rings. The molecule has 0 radical (unpaired) electrons. The molecular formula is C15H20N4O3. The van der Waals surface area contributed by atoms with E-state index >= 15 is 0 Å². The third kappa shape index (κ3) is 4.85. The van der Waals surface area contributed by atoms with E-state index in [2.05, 4.69) is 15.5 Å². The lowest BCUT2D eigenvalue weighted by Crippen LogP contribution is -2.41. The van der Waals surface area contributed by atoms with Gasteiger partial charge in [-0.1, -0.05) is 35.5 Å². The first kappa shape index (κ1) is 16.0. The van der Waals surface area contributed by atoms with E-state index in [1.807, 2.05) is 30.3 Å². The minimum atomic E-state index is -0.228. The van der Waals surface area contributed by atoms with Crippen molar-refractivity contribution in [1.29, 1.82) is 0 Å². The van der Waals surface area contributed by atoms with E-state index in [9.17, 15) is 4.79 Å². The van der Waals surface area contributed by atoms with E-state index < -0.39 is 0 Å². The number of amides is 2. The van der Waals surface area contributed by atoms with Crippen molar-refractivity contribution in [3.63, 3.8) is 0 Å². The summed E-state index contributed by atoms with van der Waals surface area (Å²) in [6.07, 6.45) is 0.477. The number of hydrogen-bond acceptors (Lipinski definition) is 5. The largest absolute Gasteiger partial charge is 0.395 e. The number of aryl methyl sites for hydroxylation is 1. The van der Waals surface area contributed by atoms with E-state index in [1.165, 1.54) is 0 Å². The van der Waals surface area contributed by atoms with Crippen LogP contribution >= 0.6 is 0 Å². The zero-order valence-corrected chi connectivity index (χ0v) is 12.5. The molecule has 1 heterocycles. The average molecular weight is 304 g/mol. The second-order valence-corrected chi connectivity index (χ2v) is 4.85. The standard InChI is InChI=1S/C15H20N4O3/c1-12-17-14(22-18-12)7-8-16-15(21)19(9-10-20)11-13-5-3-2-4-6-13/h2-6,20H,7-11H2,1H3,(H,16,21). The summed E-state index contributed by atoms with van der Waals surface area (Å²) in [5.74, 6) is 1.07. The number of carbonyl (C=O) groups is 1. The number of urea groups is 1. The maximum absolute atomic E-state index is 12.2. The molecule has 0 fully saturated rings. The molecule has 0 aliphatic heterocycles. The van der Waals surface area contributed by atoms with Gasteiger partial charge in [-0.25, -0.2) is 4.79 Å². The summed E-state index contributed by atoms with van der Waals surface area (Å²) >= 11 is 0. The number of aliphatic hydroxyl groups excluding tert-OH is 1. The van der Waals surface area contributed by atoms with Crippen LogP contribution in [0.4, 0.5) is 4.79 Å². The minimum absolute atomic E-state index is 0.0803. The Bertz CT molecular complexity index is 585. The molecule has 0 bridgehead atoms. The Morgan fingerprint density at radius 2 is 2.14 bits per heavy atom. The molecule has 0 aliphatic rings. The number of hydrogen-bond donors (Lipinski definition) is 2. The molecule has 0 saturated carbocycles. The van der Waals surface area contributed by atoms with Gasteiger partial charge in [0.15, 0.2) is 5.82 Å². The van der Waals surface area contributed by atoms with E-state index in [-0.39, 0.29) is 19.2 Å². The number of nitrogens with zero attached hydrogens (tertiary/aromatic N) is 3. The molecular weight excluding hydrogens is 284 g/mol. The Balaban J connectivity index is 1.83. The summed E-state index contributed by atoms with van der Waals surface area (Å²) in [5.41, 5.74) is 1.01. The first-order valence-electron chi connectivity index (χ1n) is 7.16. The fourth-order valence-electron chi connectivity index (χ4n) is 2.01. The molecule has 7 heteroatoms. The Labute approximate surface area is 128 Å². The average Bonchev–Trinajstić information content (AvgIpc) is 2.93. The van der Waals surface area contributed by atoms with Crippen molar-refractivity contribution in [2.45, 2.75) is 19.9 Å². The molecule has 22 heavy (non-hydrogen) atoms. The second kappa shape index (κ2) is 8.14. The molecule has 0 atom stereocenters. The summed E-state index contributed by atoms with van der Waals surface area (Å²) in [4.78, 5) is 17.8. The minimum Gasteiger partial charge on any atom is -0.395 e. The first-order valence-corrected chi connectivity index (χ1v) is 7.16. The SMILES string of the molecule is Cc1noc(CCNC(=O)N(CCO)Cc2ccccc2)n1. The zero-order chi connectivity index (χ0) is 15.8. The van der Waals surface area contributed by atoms with Crippen LogP contribution in [0.1, 0.15) is 17.3 Å². The monoisotopic (exact) mass is 304 g/mol. The van der Waals surface area contributed by atoms with Crippen LogP contribution < -0.4 is 5.32 Å². The summed E-state index contributed by atoms with van der Waals surface area (Å²) in [5, 5.41) is 15.6. The smallest absolute Gasteiger partial charge is 0.317 e. The molecule has 1 aromatic heterocycles. The summed E-state index contributed by atoms with van der Waals surface area (Å²) in [6.45, 7) is 2.79. The molecule has 0 spiro atoms. The van der Waals surface area contributed by atoms with Gasteiger partial charge in [0.1, 0.15) is 0 Å². The Hall–Kier alpha value is -2.41. The fourth-order valence-corrected chi connectivity index (χ4v) is 2.01. The van der Waals surface area contributed by atoms with Crippen LogP contribution in [-0.2, 0) is 13.0 Å². The van der Waals surface area contributed by atoms with Gasteiger partial charge < -0.3 is 19.8 Å². The van der Waals surface area contributed by atoms with Gasteiger partial charge in [-0.3, -0.25) is 0 Å². The van der Waals surface area contributed by atoms with Crippen LogP contribution in [0.2, 0.25) is 0 Å². The van der Waals surface area contributed by atoms with Crippen molar-refractivity contribution in [3.05, 3.63) is 47.6 Å². The predicted octanol–water partition coefficient (Wildman–Crippen LogP) is 1.12. The molecule has 2 amide bonds. The topological polar surface area (TPSA) is 91.5 Å². The number of aromatic nitrogens is 2. The molecule has 0 saturated heterocycles. The third-order valence-corrected chi connectivity index (χ3v) is 3.06. The van der Waals surface area contributed by atoms with Gasteiger partial charge in [-0.05, 0) is 12.5 Å². The van der Waals surface area contributed by atoms with E-state index in [4.69, 9.17) is 9.63 Å². The van der Waals surface area contributed by atoms with Gasteiger partial charge in [0, 0.05) is 26.1 Å². The highest BCUT2D eigenvalue weighted by Gasteiger charge is 2.13. The number of benzene rings is 1. The normalized spacial score (nSPS) is 10.5. The summed E-state index contributed by atoms with van der Waals surface area (Å²) < 4.78 is 4.98. The molecule has 0 unspecified atom stereocenters. The lowest BCUT2D eigenvalue weighted by molar-refractivity contribution is 0.174. The maximum Gasteiger partial charge on any atom is 0.317 e. The molecule has 7 nitrogen and oxygen atoms in total. The third-order valence-electron chi connectivity index (χ3n) is 3.06. The number of aliphatic hydroxyl groups is 1. The Kier molecular flexibility index (Phi) is 5.91.